The highest BCUT2D eigenvalue weighted by atomic mass is 35.5. The second-order valence-corrected chi connectivity index (χ2v) is 6.62. The van der Waals surface area contributed by atoms with E-state index >= 15 is 0 Å². The van der Waals surface area contributed by atoms with E-state index in [0.29, 0.717) is 17.8 Å². The third-order valence-corrected chi connectivity index (χ3v) is 4.92. The highest BCUT2D eigenvalue weighted by Gasteiger charge is 2.35. The van der Waals surface area contributed by atoms with E-state index in [-0.39, 0.29) is 29.0 Å². The SMILES string of the molecule is C[C@@H]1C(n2cnc3c(N)nc(Cl)nc32)CC[C@H]1COP(O)O. The Morgan fingerprint density at radius 2 is 2.23 bits per heavy atom. The lowest BCUT2D eigenvalue weighted by molar-refractivity contribution is 0.183. The molecule has 3 atom stereocenters. The maximum Gasteiger partial charge on any atom is 0.327 e. The number of imidazole rings is 1. The van der Waals surface area contributed by atoms with Gasteiger partial charge in [0.25, 0.3) is 0 Å². The van der Waals surface area contributed by atoms with E-state index < -0.39 is 8.60 Å². The Hall–Kier alpha value is -1.05. The molecule has 2 aromatic heterocycles. The van der Waals surface area contributed by atoms with Crippen LogP contribution in [0.2, 0.25) is 5.28 Å². The first-order valence-corrected chi connectivity index (χ1v) is 8.48. The first-order valence-electron chi connectivity index (χ1n) is 6.93. The van der Waals surface area contributed by atoms with E-state index in [1.807, 2.05) is 4.57 Å². The van der Waals surface area contributed by atoms with Crippen LogP contribution in [0.5, 0.6) is 0 Å². The lowest BCUT2D eigenvalue weighted by Gasteiger charge is -2.22. The van der Waals surface area contributed by atoms with E-state index in [1.54, 1.807) is 6.33 Å². The number of rotatable bonds is 4. The quantitative estimate of drug-likeness (QED) is 0.571. The Kier molecular flexibility index (Phi) is 4.47. The van der Waals surface area contributed by atoms with Crippen molar-refractivity contribution in [3.63, 3.8) is 0 Å². The molecule has 10 heteroatoms. The zero-order chi connectivity index (χ0) is 15.9. The van der Waals surface area contributed by atoms with Gasteiger partial charge in [-0.05, 0) is 36.3 Å². The summed E-state index contributed by atoms with van der Waals surface area (Å²) in [6, 6.07) is 0.188. The van der Waals surface area contributed by atoms with Crippen LogP contribution in [0.1, 0.15) is 25.8 Å². The summed E-state index contributed by atoms with van der Waals surface area (Å²) in [5.74, 6) is 0.800. The molecular formula is C12H17ClN5O3P. The fourth-order valence-corrected chi connectivity index (χ4v) is 3.66. The number of nitrogens with two attached hydrogens (primary N) is 1. The lowest BCUT2D eigenvalue weighted by atomic mass is 9.96. The van der Waals surface area contributed by atoms with E-state index in [2.05, 4.69) is 21.9 Å². The van der Waals surface area contributed by atoms with Crippen LogP contribution in [0, 0.1) is 11.8 Å². The first kappa shape index (κ1) is 15.8. The highest BCUT2D eigenvalue weighted by molar-refractivity contribution is 7.39. The van der Waals surface area contributed by atoms with Crippen molar-refractivity contribution in [2.75, 3.05) is 12.3 Å². The number of hydrogen-bond donors (Lipinski definition) is 3. The molecule has 0 aromatic carbocycles. The molecule has 3 rings (SSSR count). The summed E-state index contributed by atoms with van der Waals surface area (Å²) in [5.41, 5.74) is 7.00. The molecule has 0 saturated heterocycles. The van der Waals surface area contributed by atoms with E-state index in [4.69, 9.17) is 31.6 Å². The van der Waals surface area contributed by atoms with Crippen LogP contribution in [0.3, 0.4) is 0 Å². The van der Waals surface area contributed by atoms with Gasteiger partial charge in [0.15, 0.2) is 11.5 Å². The van der Waals surface area contributed by atoms with Crippen molar-refractivity contribution in [3.8, 4) is 0 Å². The number of fused-ring (bicyclic) bond motifs is 1. The molecule has 2 aromatic rings. The minimum atomic E-state index is -2.31. The van der Waals surface area contributed by atoms with Crippen LogP contribution in [0.4, 0.5) is 5.82 Å². The Morgan fingerprint density at radius 3 is 2.95 bits per heavy atom. The number of halogens is 1. The van der Waals surface area contributed by atoms with E-state index in [9.17, 15) is 0 Å². The van der Waals surface area contributed by atoms with Crippen LogP contribution in [0.25, 0.3) is 11.2 Å². The summed E-state index contributed by atoms with van der Waals surface area (Å²) in [7, 11) is -2.31. The van der Waals surface area contributed by atoms with Gasteiger partial charge in [-0.3, -0.25) is 0 Å². The van der Waals surface area contributed by atoms with E-state index in [0.717, 1.165) is 12.8 Å². The number of nitrogens with zero attached hydrogens (tertiary/aromatic N) is 4. The first-order chi connectivity index (χ1) is 10.5. The number of nitrogen functional groups attached to an aromatic ring is 1. The molecule has 0 aliphatic heterocycles. The normalized spacial score (nSPS) is 25.4. The van der Waals surface area contributed by atoms with Crippen LogP contribution >= 0.6 is 20.2 Å². The molecule has 120 valence electrons. The fourth-order valence-electron chi connectivity index (χ4n) is 3.17. The van der Waals surface area contributed by atoms with Gasteiger partial charge in [-0.2, -0.15) is 9.97 Å². The smallest absolute Gasteiger partial charge is 0.327 e. The molecule has 1 aliphatic carbocycles. The second-order valence-electron chi connectivity index (χ2n) is 5.51. The maximum atomic E-state index is 8.89. The average Bonchev–Trinajstić information content (AvgIpc) is 3.00. The molecule has 0 spiro atoms. The third-order valence-electron chi connectivity index (χ3n) is 4.37. The average molecular weight is 346 g/mol. The second kappa shape index (κ2) is 6.22. The molecule has 0 bridgehead atoms. The molecule has 4 N–H and O–H groups in total. The van der Waals surface area contributed by atoms with Gasteiger partial charge in [0.05, 0.1) is 12.9 Å². The molecule has 1 unspecified atom stereocenters. The fraction of sp³-hybridized carbons (Fsp3) is 0.583. The largest absolute Gasteiger partial charge is 0.382 e. The summed E-state index contributed by atoms with van der Waals surface area (Å²) in [6.07, 6.45) is 3.57. The summed E-state index contributed by atoms with van der Waals surface area (Å²) < 4.78 is 6.95. The molecule has 22 heavy (non-hydrogen) atoms. The molecule has 1 saturated carbocycles. The van der Waals surface area contributed by atoms with Crippen molar-refractivity contribution < 1.29 is 14.3 Å². The van der Waals surface area contributed by atoms with Crippen LogP contribution in [-0.2, 0) is 4.52 Å². The maximum absolute atomic E-state index is 8.89. The van der Waals surface area contributed by atoms with Gasteiger partial charge >= 0.3 is 8.60 Å². The number of anilines is 1. The van der Waals surface area contributed by atoms with Crippen LogP contribution < -0.4 is 5.73 Å². The zero-order valence-electron chi connectivity index (χ0n) is 11.9. The predicted octanol–water partition coefficient (Wildman–Crippen LogP) is 1.88. The van der Waals surface area contributed by atoms with Crippen molar-refractivity contribution >= 4 is 37.2 Å². The molecule has 0 amide bonds. The monoisotopic (exact) mass is 345 g/mol. The Morgan fingerprint density at radius 1 is 1.45 bits per heavy atom. The van der Waals surface area contributed by atoms with Gasteiger partial charge in [0.2, 0.25) is 5.28 Å². The van der Waals surface area contributed by atoms with Gasteiger partial charge < -0.3 is 24.6 Å². The predicted molar refractivity (Wildman–Crippen MR) is 83.0 cm³/mol. The minimum Gasteiger partial charge on any atom is -0.382 e. The van der Waals surface area contributed by atoms with Crippen molar-refractivity contribution in [1.82, 2.24) is 19.5 Å². The van der Waals surface area contributed by atoms with Gasteiger partial charge in [0.1, 0.15) is 5.52 Å². The minimum absolute atomic E-state index is 0.100. The molecular weight excluding hydrogens is 329 g/mol. The molecule has 8 nitrogen and oxygen atoms in total. The standard InChI is InChI=1S/C12H17ClN5O3P/c1-6-7(4-21-22(19)20)2-3-8(6)18-5-15-9-10(14)16-12(13)17-11(9)18/h5-8,19-20H,2-4H2,1H3,(H2,14,16,17)/t6-,7-,8?/m0/s1. The number of aromatic nitrogens is 4. The third kappa shape index (κ3) is 2.89. The van der Waals surface area contributed by atoms with Crippen molar-refractivity contribution in [2.45, 2.75) is 25.8 Å². The van der Waals surface area contributed by atoms with Crippen molar-refractivity contribution in [3.05, 3.63) is 11.6 Å². The van der Waals surface area contributed by atoms with E-state index in [1.165, 1.54) is 0 Å². The highest BCUT2D eigenvalue weighted by Crippen LogP contribution is 2.43. The van der Waals surface area contributed by atoms with Gasteiger partial charge in [-0.25, -0.2) is 4.98 Å². The van der Waals surface area contributed by atoms with Gasteiger partial charge in [0, 0.05) is 6.04 Å². The zero-order valence-corrected chi connectivity index (χ0v) is 13.6. The molecule has 1 aliphatic rings. The van der Waals surface area contributed by atoms with Crippen LogP contribution in [-0.4, -0.2) is 35.9 Å². The van der Waals surface area contributed by atoms with Crippen molar-refractivity contribution in [2.24, 2.45) is 11.8 Å². The number of hydrogen-bond acceptors (Lipinski definition) is 7. The molecule has 2 heterocycles. The Balaban J connectivity index is 1.86. The van der Waals surface area contributed by atoms with Crippen LogP contribution in [0.15, 0.2) is 6.33 Å². The van der Waals surface area contributed by atoms with Crippen molar-refractivity contribution in [1.29, 1.82) is 0 Å². The summed E-state index contributed by atoms with van der Waals surface area (Å²) in [4.78, 5) is 30.2. The Bertz CT molecular complexity index is 682. The summed E-state index contributed by atoms with van der Waals surface area (Å²) in [6.45, 7) is 2.45. The lowest BCUT2D eigenvalue weighted by Crippen LogP contribution is -2.18. The van der Waals surface area contributed by atoms with Gasteiger partial charge in [-0.15, -0.1) is 0 Å². The topological polar surface area (TPSA) is 119 Å². The summed E-state index contributed by atoms with van der Waals surface area (Å²) >= 11 is 5.89. The van der Waals surface area contributed by atoms with Gasteiger partial charge in [-0.1, -0.05) is 6.92 Å². The summed E-state index contributed by atoms with van der Waals surface area (Å²) in [5, 5.41) is 0.100. The molecule has 0 radical (unpaired) electrons. The Labute approximate surface area is 133 Å². The molecule has 1 fully saturated rings.